The SMILES string of the molecule is [B][N+]1=C(c2c(C)cccc2C)C=C/C1=C(\c1ccc(-c2ccncc2)cc1)c1ccc(-c2c(C)cccc2C)[nH]1. The molecule has 0 saturated carbocycles. The smallest absolute Gasteiger partial charge is 0.354 e. The summed E-state index contributed by atoms with van der Waals surface area (Å²) in [4.78, 5) is 7.90. The fraction of sp³-hybridized carbons (Fsp3) is 0.111. The van der Waals surface area contributed by atoms with E-state index in [1.54, 1.807) is 0 Å². The van der Waals surface area contributed by atoms with Crippen LogP contribution in [0.15, 0.2) is 115 Å². The van der Waals surface area contributed by atoms with Crippen molar-refractivity contribution >= 4 is 19.3 Å². The fourth-order valence-electron chi connectivity index (χ4n) is 5.82. The van der Waals surface area contributed by atoms with Gasteiger partial charge in [-0.1, -0.05) is 60.7 Å². The molecular weight excluding hydrogens is 485 g/mol. The van der Waals surface area contributed by atoms with Crippen LogP contribution < -0.4 is 0 Å². The molecule has 0 saturated heterocycles. The number of hydrogen-bond acceptors (Lipinski definition) is 1. The van der Waals surface area contributed by atoms with Crippen LogP contribution in [0.4, 0.5) is 0 Å². The summed E-state index contributed by atoms with van der Waals surface area (Å²) in [5.41, 5.74) is 15.8. The lowest BCUT2D eigenvalue weighted by Crippen LogP contribution is -2.16. The molecule has 0 bridgehead atoms. The maximum atomic E-state index is 6.91. The van der Waals surface area contributed by atoms with E-state index in [4.69, 9.17) is 7.98 Å². The highest BCUT2D eigenvalue weighted by Gasteiger charge is 2.28. The van der Waals surface area contributed by atoms with Crippen molar-refractivity contribution in [3.63, 3.8) is 0 Å². The van der Waals surface area contributed by atoms with Crippen LogP contribution in [0.25, 0.3) is 28.0 Å². The molecule has 1 aliphatic heterocycles. The van der Waals surface area contributed by atoms with Crippen LogP contribution in [0.2, 0.25) is 0 Å². The van der Waals surface area contributed by atoms with Gasteiger partial charge in [0, 0.05) is 41.4 Å². The van der Waals surface area contributed by atoms with Gasteiger partial charge < -0.3 is 4.98 Å². The second-order valence-corrected chi connectivity index (χ2v) is 10.5. The molecule has 3 aromatic carbocycles. The van der Waals surface area contributed by atoms with E-state index in [1.807, 2.05) is 29.0 Å². The van der Waals surface area contributed by atoms with Gasteiger partial charge in [-0.25, -0.2) is 0 Å². The first kappa shape index (κ1) is 25.6. The Kier molecular flexibility index (Phi) is 6.69. The summed E-state index contributed by atoms with van der Waals surface area (Å²) in [7, 11) is 6.91. The Morgan fingerprint density at radius 3 is 1.85 bits per heavy atom. The first-order valence-electron chi connectivity index (χ1n) is 13.6. The van der Waals surface area contributed by atoms with E-state index in [9.17, 15) is 0 Å². The van der Waals surface area contributed by atoms with Gasteiger partial charge in [0.2, 0.25) is 0 Å². The highest BCUT2D eigenvalue weighted by atomic mass is 14.9. The van der Waals surface area contributed by atoms with Crippen molar-refractivity contribution in [3.8, 4) is 22.4 Å². The van der Waals surface area contributed by atoms with Crippen molar-refractivity contribution < 1.29 is 4.49 Å². The summed E-state index contributed by atoms with van der Waals surface area (Å²) in [5, 5.41) is 0. The second-order valence-electron chi connectivity index (χ2n) is 10.5. The lowest BCUT2D eigenvalue weighted by molar-refractivity contribution is -0.298. The number of benzene rings is 3. The summed E-state index contributed by atoms with van der Waals surface area (Å²) in [5.74, 6) is 0. The molecule has 5 aromatic rings. The van der Waals surface area contributed by atoms with E-state index in [0.29, 0.717) is 0 Å². The zero-order valence-electron chi connectivity index (χ0n) is 23.4. The van der Waals surface area contributed by atoms with Gasteiger partial charge in [0.1, 0.15) is 0 Å². The van der Waals surface area contributed by atoms with Gasteiger partial charge in [0.15, 0.2) is 11.4 Å². The van der Waals surface area contributed by atoms with Crippen LogP contribution >= 0.6 is 0 Å². The molecule has 0 fully saturated rings. The molecule has 1 N–H and O–H groups in total. The number of rotatable bonds is 5. The lowest BCUT2D eigenvalue weighted by Gasteiger charge is -2.12. The highest BCUT2D eigenvalue weighted by molar-refractivity contribution is 6.15. The topological polar surface area (TPSA) is 31.7 Å². The minimum absolute atomic E-state index is 0.948. The van der Waals surface area contributed by atoms with Gasteiger partial charge in [-0.05, 0) is 90.9 Å². The summed E-state index contributed by atoms with van der Waals surface area (Å²) in [6.07, 6.45) is 7.91. The van der Waals surface area contributed by atoms with Gasteiger partial charge in [-0.2, -0.15) is 0 Å². The predicted molar refractivity (Wildman–Crippen MR) is 167 cm³/mol. The molecule has 0 spiro atoms. The van der Waals surface area contributed by atoms with Crippen molar-refractivity contribution in [2.24, 2.45) is 0 Å². The third-order valence-corrected chi connectivity index (χ3v) is 7.80. The van der Waals surface area contributed by atoms with Gasteiger partial charge in [0.25, 0.3) is 0 Å². The average Bonchev–Trinajstić information content (AvgIpc) is 3.57. The first-order valence-corrected chi connectivity index (χ1v) is 13.6. The Hall–Kier alpha value is -4.70. The van der Waals surface area contributed by atoms with Crippen molar-refractivity contribution in [2.45, 2.75) is 27.7 Å². The standard InChI is InChI=1S/C36H31BN3/c1-23-7-5-8-24(2)34(23)30-15-16-31(39-30)36(29-13-11-27(12-14-29)28-19-21-38-22-20-28)33-18-17-32(40(33)37)35-25(3)9-6-10-26(35)4/h5-22,39H,1-4H3/q+1. The van der Waals surface area contributed by atoms with Crippen molar-refractivity contribution in [3.05, 3.63) is 154 Å². The molecule has 1 aliphatic rings. The first-order chi connectivity index (χ1) is 19.4. The third-order valence-electron chi connectivity index (χ3n) is 7.80. The normalized spacial score (nSPS) is 14.2. The Balaban J connectivity index is 1.53. The van der Waals surface area contributed by atoms with Crippen LogP contribution in [0.1, 0.15) is 39.1 Å². The van der Waals surface area contributed by atoms with Gasteiger partial charge in [0.05, 0.1) is 11.3 Å². The molecule has 2 aromatic heterocycles. The minimum atomic E-state index is 0.948. The molecular formula is C36H31BN3+. The van der Waals surface area contributed by atoms with Crippen LogP contribution in [0, 0.1) is 27.7 Å². The quantitative estimate of drug-likeness (QED) is 0.237. The number of aryl methyl sites for hydroxylation is 4. The molecule has 2 radical (unpaired) electrons. The fourth-order valence-corrected chi connectivity index (χ4v) is 5.82. The lowest BCUT2D eigenvalue weighted by atomic mass is 9.96. The van der Waals surface area contributed by atoms with E-state index in [2.05, 4.69) is 123 Å². The number of hydrogen-bond donors (Lipinski definition) is 1. The monoisotopic (exact) mass is 516 g/mol. The third kappa shape index (κ3) is 4.56. The number of aromatic amines is 1. The van der Waals surface area contributed by atoms with Crippen LogP contribution in [-0.2, 0) is 0 Å². The Morgan fingerprint density at radius 2 is 1.23 bits per heavy atom. The second kappa shape index (κ2) is 10.5. The Morgan fingerprint density at radius 1 is 0.650 bits per heavy atom. The number of H-pyrrole nitrogens is 1. The van der Waals surface area contributed by atoms with E-state index < -0.39 is 0 Å². The summed E-state index contributed by atoms with van der Waals surface area (Å²) < 4.78 is 1.83. The highest BCUT2D eigenvalue weighted by Crippen LogP contribution is 2.34. The molecule has 192 valence electrons. The van der Waals surface area contributed by atoms with E-state index in [-0.39, 0.29) is 0 Å². The van der Waals surface area contributed by atoms with Crippen molar-refractivity contribution in [2.75, 3.05) is 0 Å². The van der Waals surface area contributed by atoms with Gasteiger partial charge >= 0.3 is 7.98 Å². The van der Waals surface area contributed by atoms with Crippen LogP contribution in [0.5, 0.6) is 0 Å². The summed E-state index contributed by atoms with van der Waals surface area (Å²) in [6.45, 7) is 8.60. The molecule has 0 amide bonds. The number of aromatic nitrogens is 2. The average molecular weight is 516 g/mol. The number of nitrogens with one attached hydrogen (secondary N) is 1. The van der Waals surface area contributed by atoms with E-state index in [1.165, 1.54) is 33.4 Å². The number of pyridine rings is 1. The Labute approximate surface area is 237 Å². The molecule has 0 unspecified atom stereocenters. The molecule has 0 aliphatic carbocycles. The zero-order chi connectivity index (χ0) is 27.8. The van der Waals surface area contributed by atoms with Gasteiger partial charge in [-0.15, -0.1) is 0 Å². The zero-order valence-corrected chi connectivity index (χ0v) is 23.4. The Bertz CT molecular complexity index is 1780. The number of nitrogens with zero attached hydrogens (tertiary/aromatic N) is 2. The van der Waals surface area contributed by atoms with E-state index >= 15 is 0 Å². The molecule has 40 heavy (non-hydrogen) atoms. The summed E-state index contributed by atoms with van der Waals surface area (Å²) in [6, 6.07) is 29.9. The maximum Gasteiger partial charge on any atom is 0.587 e. The molecule has 4 heteroatoms. The van der Waals surface area contributed by atoms with Crippen molar-refractivity contribution in [1.82, 2.24) is 9.97 Å². The summed E-state index contributed by atoms with van der Waals surface area (Å²) >= 11 is 0. The largest absolute Gasteiger partial charge is 0.587 e. The van der Waals surface area contributed by atoms with Crippen molar-refractivity contribution in [1.29, 1.82) is 0 Å². The number of allylic oxidation sites excluding steroid dienone is 2. The van der Waals surface area contributed by atoms with Gasteiger partial charge in [-0.3, -0.25) is 9.47 Å². The van der Waals surface area contributed by atoms with Crippen LogP contribution in [-0.4, -0.2) is 28.1 Å². The maximum absolute atomic E-state index is 6.91. The molecule has 3 nitrogen and oxygen atoms in total. The molecule has 6 rings (SSSR count). The van der Waals surface area contributed by atoms with Crippen LogP contribution in [0.3, 0.4) is 0 Å². The predicted octanol–water partition coefficient (Wildman–Crippen LogP) is 7.89. The molecule has 3 heterocycles. The minimum Gasteiger partial charge on any atom is -0.354 e. The molecule has 0 atom stereocenters. The van der Waals surface area contributed by atoms with E-state index in [0.717, 1.165) is 45.1 Å².